The lowest BCUT2D eigenvalue weighted by Crippen LogP contribution is -2.20. The first-order valence-corrected chi connectivity index (χ1v) is 13.2. The van der Waals surface area contributed by atoms with E-state index in [-0.39, 0.29) is 17.6 Å². The highest BCUT2D eigenvalue weighted by Gasteiger charge is 2.34. The third-order valence-corrected chi connectivity index (χ3v) is 7.75. The Bertz CT molecular complexity index is 1660. The predicted octanol–water partition coefficient (Wildman–Crippen LogP) is 6.37. The van der Waals surface area contributed by atoms with E-state index in [0.29, 0.717) is 29.0 Å². The Morgan fingerprint density at radius 3 is 2.55 bits per heavy atom. The van der Waals surface area contributed by atoms with Crippen molar-refractivity contribution >= 4 is 45.2 Å². The standard InChI is InChI=1S/C31H28N2O5/c1-3-33-24-15-13-20(27(34)21-12-8-7-9-18(21)2)17-23(24)26-25(33)16-14-22-28(35)30(37-29(22)26)32-38-31(36)19-10-5-4-6-11-19/h7-9,12-17,19H,3-6,10-11H2,1-2H3/b32-30-. The Balaban J connectivity index is 1.42. The fourth-order valence-corrected chi connectivity index (χ4v) is 5.73. The third kappa shape index (κ3) is 3.90. The number of rotatable bonds is 5. The Labute approximate surface area is 220 Å². The summed E-state index contributed by atoms with van der Waals surface area (Å²) < 4.78 is 8.09. The molecule has 1 fully saturated rings. The summed E-state index contributed by atoms with van der Waals surface area (Å²) in [5, 5.41) is 5.38. The van der Waals surface area contributed by atoms with Crippen LogP contribution in [0.5, 0.6) is 5.75 Å². The molecule has 3 aromatic carbocycles. The molecule has 4 aromatic rings. The summed E-state index contributed by atoms with van der Waals surface area (Å²) in [4.78, 5) is 44.1. The number of fused-ring (bicyclic) bond motifs is 5. The van der Waals surface area contributed by atoms with Gasteiger partial charge in [0.25, 0.3) is 5.78 Å². The molecule has 6 rings (SSSR count). The van der Waals surface area contributed by atoms with Crippen molar-refractivity contribution in [1.82, 2.24) is 4.57 Å². The van der Waals surface area contributed by atoms with Gasteiger partial charge in [0.2, 0.25) is 0 Å². The van der Waals surface area contributed by atoms with Gasteiger partial charge in [0.15, 0.2) is 11.5 Å². The number of hydrogen-bond acceptors (Lipinski definition) is 6. The zero-order valence-corrected chi connectivity index (χ0v) is 21.5. The number of carbonyl (C=O) groups excluding carboxylic acids is 3. The van der Waals surface area contributed by atoms with Crippen molar-refractivity contribution in [2.24, 2.45) is 11.1 Å². The molecule has 2 aliphatic rings. The van der Waals surface area contributed by atoms with Gasteiger partial charge in [-0.05, 0) is 67.7 Å². The molecule has 2 heterocycles. The molecule has 7 heteroatoms. The summed E-state index contributed by atoms with van der Waals surface area (Å²) in [5.41, 5.74) is 4.29. The van der Waals surface area contributed by atoms with Crippen LogP contribution in [0.1, 0.15) is 70.9 Å². The van der Waals surface area contributed by atoms with Crippen LogP contribution in [0.4, 0.5) is 0 Å². The van der Waals surface area contributed by atoms with Crippen molar-refractivity contribution < 1.29 is 24.0 Å². The van der Waals surface area contributed by atoms with Gasteiger partial charge in [0.1, 0.15) is 0 Å². The number of aryl methyl sites for hydroxylation is 2. The largest absolute Gasteiger partial charge is 0.432 e. The minimum absolute atomic E-state index is 0.0659. The zero-order valence-electron chi connectivity index (χ0n) is 21.5. The van der Waals surface area contributed by atoms with Crippen LogP contribution < -0.4 is 4.74 Å². The molecule has 0 amide bonds. The van der Waals surface area contributed by atoms with E-state index < -0.39 is 11.8 Å². The maximum atomic E-state index is 13.4. The van der Waals surface area contributed by atoms with Gasteiger partial charge < -0.3 is 14.1 Å². The summed E-state index contributed by atoms with van der Waals surface area (Å²) in [6, 6.07) is 16.8. The highest BCUT2D eigenvalue weighted by Crippen LogP contribution is 2.41. The van der Waals surface area contributed by atoms with E-state index in [1.54, 1.807) is 6.07 Å². The first kappa shape index (κ1) is 24.1. The molecule has 0 N–H and O–H groups in total. The second kappa shape index (κ2) is 9.56. The fourth-order valence-electron chi connectivity index (χ4n) is 5.73. The second-order valence-electron chi connectivity index (χ2n) is 10.0. The van der Waals surface area contributed by atoms with Gasteiger partial charge in [-0.15, -0.1) is 0 Å². The van der Waals surface area contributed by atoms with E-state index in [0.717, 1.165) is 59.5 Å². The third-order valence-electron chi connectivity index (χ3n) is 7.75. The van der Waals surface area contributed by atoms with Gasteiger partial charge >= 0.3 is 11.9 Å². The molecule has 1 aliphatic heterocycles. The van der Waals surface area contributed by atoms with Crippen molar-refractivity contribution in [2.75, 3.05) is 0 Å². The summed E-state index contributed by atoms with van der Waals surface area (Å²) >= 11 is 0. The molecular weight excluding hydrogens is 480 g/mol. The molecule has 0 radical (unpaired) electrons. The normalized spacial score (nSPS) is 16.7. The molecule has 38 heavy (non-hydrogen) atoms. The van der Waals surface area contributed by atoms with Crippen LogP contribution in [-0.4, -0.2) is 28.0 Å². The quantitative estimate of drug-likeness (QED) is 0.178. The van der Waals surface area contributed by atoms with Crippen molar-refractivity contribution in [3.05, 3.63) is 76.9 Å². The van der Waals surface area contributed by atoms with Crippen molar-refractivity contribution in [1.29, 1.82) is 0 Å². The summed E-state index contributed by atoms with van der Waals surface area (Å²) in [5.74, 6) is -0.979. The minimum Gasteiger partial charge on any atom is -0.432 e. The molecular formula is C31H28N2O5. The lowest BCUT2D eigenvalue weighted by atomic mass is 9.89. The van der Waals surface area contributed by atoms with E-state index >= 15 is 0 Å². The van der Waals surface area contributed by atoms with Gasteiger partial charge in [-0.25, -0.2) is 4.79 Å². The molecule has 7 nitrogen and oxygen atoms in total. The summed E-state index contributed by atoms with van der Waals surface area (Å²) in [6.07, 6.45) is 4.66. The number of benzene rings is 3. The molecule has 1 saturated carbocycles. The van der Waals surface area contributed by atoms with Gasteiger partial charge in [0.05, 0.1) is 22.4 Å². The molecule has 1 aromatic heterocycles. The van der Waals surface area contributed by atoms with Crippen molar-refractivity contribution in [3.63, 3.8) is 0 Å². The average Bonchev–Trinajstić information content (AvgIpc) is 3.45. The first-order chi connectivity index (χ1) is 18.5. The lowest BCUT2D eigenvalue weighted by Gasteiger charge is -2.17. The summed E-state index contributed by atoms with van der Waals surface area (Å²) in [6.45, 7) is 4.66. The van der Waals surface area contributed by atoms with Crippen molar-refractivity contribution in [2.45, 2.75) is 52.5 Å². The van der Waals surface area contributed by atoms with Crippen LogP contribution in [0, 0.1) is 12.8 Å². The number of oxime groups is 1. The summed E-state index contributed by atoms with van der Waals surface area (Å²) in [7, 11) is 0. The fraction of sp³-hybridized carbons (Fsp3) is 0.290. The number of carbonyl (C=O) groups is 3. The lowest BCUT2D eigenvalue weighted by molar-refractivity contribution is -0.149. The van der Waals surface area contributed by atoms with Gasteiger partial charge in [-0.1, -0.05) is 43.5 Å². The molecule has 0 spiro atoms. The number of nitrogens with zero attached hydrogens (tertiary/aromatic N) is 2. The topological polar surface area (TPSA) is 87.0 Å². The maximum absolute atomic E-state index is 13.4. The Hall–Kier alpha value is -4.26. The Morgan fingerprint density at radius 1 is 1.03 bits per heavy atom. The molecule has 0 atom stereocenters. The highest BCUT2D eigenvalue weighted by atomic mass is 16.7. The number of hydrogen-bond donors (Lipinski definition) is 0. The molecule has 192 valence electrons. The van der Waals surface area contributed by atoms with Crippen molar-refractivity contribution in [3.8, 4) is 5.75 Å². The smallest absolute Gasteiger partial charge is 0.338 e. The molecule has 1 aliphatic carbocycles. The monoisotopic (exact) mass is 508 g/mol. The SMILES string of the molecule is CCn1c2ccc(C(=O)c3ccccc3C)cc2c2c3c(ccc21)C(=O)/C(=N/OC(=O)C1CCCCC1)O3. The molecule has 0 bridgehead atoms. The number of aromatic nitrogens is 1. The number of ketones is 2. The van der Waals surface area contributed by atoms with Gasteiger partial charge in [-0.2, -0.15) is 0 Å². The van der Waals surface area contributed by atoms with E-state index in [1.807, 2.05) is 62.4 Å². The van der Waals surface area contributed by atoms with Crippen LogP contribution in [0.25, 0.3) is 21.8 Å². The second-order valence-corrected chi connectivity index (χ2v) is 10.0. The molecule has 0 unspecified atom stereocenters. The first-order valence-electron chi connectivity index (χ1n) is 13.2. The Morgan fingerprint density at radius 2 is 1.79 bits per heavy atom. The highest BCUT2D eigenvalue weighted by molar-refractivity contribution is 6.47. The van der Waals surface area contributed by atoms with E-state index in [2.05, 4.69) is 9.72 Å². The maximum Gasteiger partial charge on any atom is 0.338 e. The van der Waals surface area contributed by atoms with Crippen LogP contribution in [0.3, 0.4) is 0 Å². The minimum atomic E-state index is -0.428. The average molecular weight is 509 g/mol. The van der Waals surface area contributed by atoms with Crippen LogP contribution in [-0.2, 0) is 16.2 Å². The number of Topliss-reactive ketones (excluding diaryl/α,β-unsaturated/α-hetero) is 1. The van der Waals surface area contributed by atoms with Gasteiger partial charge in [-0.3, -0.25) is 9.59 Å². The van der Waals surface area contributed by atoms with E-state index in [4.69, 9.17) is 9.57 Å². The van der Waals surface area contributed by atoms with E-state index in [9.17, 15) is 14.4 Å². The molecule has 0 saturated heterocycles. The van der Waals surface area contributed by atoms with Gasteiger partial charge in [0, 0.05) is 28.6 Å². The van der Waals surface area contributed by atoms with Crippen LogP contribution >= 0.6 is 0 Å². The van der Waals surface area contributed by atoms with Crippen LogP contribution in [0.15, 0.2) is 59.8 Å². The zero-order chi connectivity index (χ0) is 26.4. The Kier molecular flexibility index (Phi) is 6.06. The van der Waals surface area contributed by atoms with E-state index in [1.165, 1.54) is 0 Å². The predicted molar refractivity (Wildman–Crippen MR) is 145 cm³/mol. The van der Waals surface area contributed by atoms with Crippen LogP contribution in [0.2, 0.25) is 0 Å². The number of ether oxygens (including phenoxy) is 1.